The lowest BCUT2D eigenvalue weighted by Gasteiger charge is -2.14. The normalized spacial score (nSPS) is 14.8. The molecule has 2 atom stereocenters. The Bertz CT molecular complexity index is 452. The molecule has 2 aromatic heterocycles. The van der Waals surface area contributed by atoms with Gasteiger partial charge in [0, 0.05) is 17.3 Å². The number of nitrogens with one attached hydrogen (secondary N) is 1. The van der Waals surface area contributed by atoms with Gasteiger partial charge in [-0.2, -0.15) is 4.98 Å². The summed E-state index contributed by atoms with van der Waals surface area (Å²) in [5, 5.41) is 9.27. The van der Waals surface area contributed by atoms with Crippen LogP contribution in [0.4, 0.5) is 0 Å². The lowest BCUT2D eigenvalue weighted by molar-refractivity contribution is 0.333. The van der Waals surface area contributed by atoms with Crippen molar-refractivity contribution in [1.82, 2.24) is 15.5 Å². The Morgan fingerprint density at radius 3 is 2.94 bits per heavy atom. The predicted octanol–water partition coefficient (Wildman–Crippen LogP) is 2.43. The fraction of sp³-hybridized carbons (Fsp3) is 0.500. The molecule has 92 valence electrons. The number of nitrogens with zero attached hydrogens (tertiary/aromatic N) is 2. The van der Waals surface area contributed by atoms with Crippen LogP contribution in [0.5, 0.6) is 0 Å². The zero-order valence-corrected chi connectivity index (χ0v) is 11.1. The van der Waals surface area contributed by atoms with Gasteiger partial charge >= 0.3 is 0 Å². The Morgan fingerprint density at radius 1 is 1.47 bits per heavy atom. The predicted molar refractivity (Wildman–Crippen MR) is 68.4 cm³/mol. The van der Waals surface area contributed by atoms with E-state index in [0.29, 0.717) is 11.9 Å². The summed E-state index contributed by atoms with van der Waals surface area (Å²) in [5.74, 6) is 1.69. The zero-order chi connectivity index (χ0) is 12.3. The van der Waals surface area contributed by atoms with E-state index in [-0.39, 0.29) is 5.92 Å². The molecule has 2 aromatic rings. The van der Waals surface area contributed by atoms with Crippen LogP contribution in [0.2, 0.25) is 0 Å². The minimum Gasteiger partial charge on any atom is -0.339 e. The highest BCUT2D eigenvalue weighted by atomic mass is 32.1. The SMILES string of the molecule is CNC(C)C(C)c1nc(Cc2cccs2)no1. The molecule has 0 saturated heterocycles. The van der Waals surface area contributed by atoms with Crippen LogP contribution in [0, 0.1) is 0 Å². The van der Waals surface area contributed by atoms with Crippen LogP contribution in [0.15, 0.2) is 22.0 Å². The molecule has 0 fully saturated rings. The summed E-state index contributed by atoms with van der Waals surface area (Å²) in [7, 11) is 1.93. The van der Waals surface area contributed by atoms with E-state index in [1.807, 2.05) is 13.1 Å². The van der Waals surface area contributed by atoms with Gasteiger partial charge in [-0.25, -0.2) is 0 Å². The summed E-state index contributed by atoms with van der Waals surface area (Å²) in [5.41, 5.74) is 0. The van der Waals surface area contributed by atoms with Crippen LogP contribution < -0.4 is 5.32 Å². The van der Waals surface area contributed by atoms with E-state index in [0.717, 1.165) is 12.2 Å². The van der Waals surface area contributed by atoms with E-state index in [4.69, 9.17) is 4.52 Å². The highest BCUT2D eigenvalue weighted by Gasteiger charge is 2.19. The largest absolute Gasteiger partial charge is 0.339 e. The fourth-order valence-corrected chi connectivity index (χ4v) is 2.26. The zero-order valence-electron chi connectivity index (χ0n) is 10.3. The van der Waals surface area contributed by atoms with E-state index in [9.17, 15) is 0 Å². The molecule has 2 rings (SSSR count). The summed E-state index contributed by atoms with van der Waals surface area (Å²) >= 11 is 1.71. The number of rotatable bonds is 5. The van der Waals surface area contributed by atoms with Gasteiger partial charge < -0.3 is 9.84 Å². The van der Waals surface area contributed by atoms with Gasteiger partial charge in [0.15, 0.2) is 5.82 Å². The van der Waals surface area contributed by atoms with Gasteiger partial charge in [-0.3, -0.25) is 0 Å². The van der Waals surface area contributed by atoms with E-state index < -0.39 is 0 Å². The average molecular weight is 251 g/mol. The molecule has 17 heavy (non-hydrogen) atoms. The van der Waals surface area contributed by atoms with Crippen LogP contribution in [-0.4, -0.2) is 23.2 Å². The summed E-state index contributed by atoms with van der Waals surface area (Å²) in [6.07, 6.45) is 0.752. The molecule has 0 saturated carbocycles. The van der Waals surface area contributed by atoms with Gasteiger partial charge in [-0.15, -0.1) is 11.3 Å². The number of hydrogen-bond acceptors (Lipinski definition) is 5. The summed E-state index contributed by atoms with van der Waals surface area (Å²) in [6, 6.07) is 4.44. The van der Waals surface area contributed by atoms with Gasteiger partial charge in [0.05, 0.1) is 5.92 Å². The van der Waals surface area contributed by atoms with Gasteiger partial charge in [0.2, 0.25) is 5.89 Å². The molecule has 2 heterocycles. The number of likely N-dealkylation sites (N-methyl/N-ethyl adjacent to an activating group) is 1. The van der Waals surface area contributed by atoms with Crippen molar-refractivity contribution >= 4 is 11.3 Å². The third-order valence-electron chi connectivity index (χ3n) is 2.99. The molecule has 0 aliphatic heterocycles. The van der Waals surface area contributed by atoms with Gasteiger partial charge in [-0.05, 0) is 25.4 Å². The van der Waals surface area contributed by atoms with Crippen molar-refractivity contribution in [1.29, 1.82) is 0 Å². The molecule has 4 nitrogen and oxygen atoms in total. The van der Waals surface area contributed by atoms with E-state index in [1.165, 1.54) is 4.88 Å². The van der Waals surface area contributed by atoms with Crippen molar-refractivity contribution < 1.29 is 4.52 Å². The lowest BCUT2D eigenvalue weighted by atomic mass is 10.0. The number of hydrogen-bond donors (Lipinski definition) is 1. The molecule has 0 aliphatic carbocycles. The Morgan fingerprint density at radius 2 is 2.29 bits per heavy atom. The Balaban J connectivity index is 2.05. The smallest absolute Gasteiger partial charge is 0.231 e. The van der Waals surface area contributed by atoms with Crippen molar-refractivity contribution in [3.8, 4) is 0 Å². The molecule has 0 spiro atoms. The average Bonchev–Trinajstić information content (AvgIpc) is 2.99. The number of aromatic nitrogens is 2. The van der Waals surface area contributed by atoms with Crippen LogP contribution in [0.1, 0.15) is 36.4 Å². The molecule has 0 bridgehead atoms. The first-order chi connectivity index (χ1) is 8.20. The lowest BCUT2D eigenvalue weighted by Crippen LogP contribution is -2.27. The second kappa shape index (κ2) is 5.42. The maximum atomic E-state index is 5.30. The Labute approximate surface area is 105 Å². The van der Waals surface area contributed by atoms with Crippen LogP contribution >= 0.6 is 11.3 Å². The third-order valence-corrected chi connectivity index (χ3v) is 3.87. The quantitative estimate of drug-likeness (QED) is 0.886. The highest BCUT2D eigenvalue weighted by Crippen LogP contribution is 2.18. The molecule has 2 unspecified atom stereocenters. The molecule has 5 heteroatoms. The third kappa shape index (κ3) is 2.92. The van der Waals surface area contributed by atoms with E-state index in [1.54, 1.807) is 11.3 Å². The second-order valence-electron chi connectivity index (χ2n) is 4.17. The summed E-state index contributed by atoms with van der Waals surface area (Å²) in [4.78, 5) is 5.70. The summed E-state index contributed by atoms with van der Waals surface area (Å²) in [6.45, 7) is 4.19. The van der Waals surface area contributed by atoms with Crippen molar-refractivity contribution in [3.05, 3.63) is 34.1 Å². The van der Waals surface area contributed by atoms with Crippen LogP contribution in [0.25, 0.3) is 0 Å². The molecule has 1 N–H and O–H groups in total. The fourth-order valence-electron chi connectivity index (χ4n) is 1.56. The van der Waals surface area contributed by atoms with Crippen molar-refractivity contribution in [2.24, 2.45) is 0 Å². The maximum Gasteiger partial charge on any atom is 0.231 e. The molecule has 0 amide bonds. The number of thiophene rings is 1. The molecule has 0 aromatic carbocycles. The monoisotopic (exact) mass is 251 g/mol. The molecular weight excluding hydrogens is 234 g/mol. The van der Waals surface area contributed by atoms with Gasteiger partial charge in [0.1, 0.15) is 0 Å². The Hall–Kier alpha value is -1.20. The minimum absolute atomic E-state index is 0.226. The van der Waals surface area contributed by atoms with Crippen LogP contribution in [-0.2, 0) is 6.42 Å². The first-order valence-corrected chi connectivity index (χ1v) is 6.60. The first kappa shape index (κ1) is 12.3. The Kier molecular flexibility index (Phi) is 3.91. The minimum atomic E-state index is 0.226. The first-order valence-electron chi connectivity index (χ1n) is 5.73. The molecular formula is C12H17N3OS. The maximum absolute atomic E-state index is 5.30. The summed E-state index contributed by atoms with van der Waals surface area (Å²) < 4.78 is 5.30. The second-order valence-corrected chi connectivity index (χ2v) is 5.20. The van der Waals surface area contributed by atoms with Crippen molar-refractivity contribution in [3.63, 3.8) is 0 Å². The highest BCUT2D eigenvalue weighted by molar-refractivity contribution is 7.09. The van der Waals surface area contributed by atoms with Gasteiger partial charge in [0.25, 0.3) is 0 Å². The van der Waals surface area contributed by atoms with E-state index >= 15 is 0 Å². The molecule has 0 aliphatic rings. The van der Waals surface area contributed by atoms with Crippen LogP contribution in [0.3, 0.4) is 0 Å². The molecule has 0 radical (unpaired) electrons. The van der Waals surface area contributed by atoms with E-state index in [2.05, 4.69) is 40.8 Å². The standard InChI is InChI=1S/C12H17N3OS/c1-8(9(2)13-3)12-14-11(15-16-12)7-10-5-4-6-17-10/h4-6,8-9,13H,7H2,1-3H3. The van der Waals surface area contributed by atoms with Gasteiger partial charge in [-0.1, -0.05) is 18.1 Å². The topological polar surface area (TPSA) is 51.0 Å². The van der Waals surface area contributed by atoms with Crippen molar-refractivity contribution in [2.45, 2.75) is 32.2 Å². The van der Waals surface area contributed by atoms with Crippen molar-refractivity contribution in [2.75, 3.05) is 7.05 Å².